The van der Waals surface area contributed by atoms with Crippen LogP contribution in [0.15, 0.2) is 0 Å². The van der Waals surface area contributed by atoms with E-state index >= 15 is 0 Å². The minimum atomic E-state index is -0.866. The van der Waals surface area contributed by atoms with E-state index in [9.17, 15) is 9.59 Å². The molecular formula is C23H47N7O3. The zero-order chi connectivity index (χ0) is 24.0. The molecule has 0 aromatic rings. The molecule has 0 aromatic carbocycles. The fourth-order valence-corrected chi connectivity index (χ4v) is 4.52. The molecule has 2 heterocycles. The minimum Gasteiger partial charge on any atom is -0.481 e. The number of carboxylic acid groups (broad SMARTS) is 1. The van der Waals surface area contributed by atoms with Crippen molar-refractivity contribution in [3.8, 4) is 0 Å². The van der Waals surface area contributed by atoms with Gasteiger partial charge in [0, 0.05) is 57.5 Å². The molecular weight excluding hydrogens is 422 g/mol. The molecule has 0 aromatic heterocycles. The van der Waals surface area contributed by atoms with Crippen LogP contribution >= 0.6 is 0 Å². The van der Waals surface area contributed by atoms with Crippen LogP contribution in [0.1, 0.15) is 45.4 Å². The van der Waals surface area contributed by atoms with Gasteiger partial charge in [-0.1, -0.05) is 6.92 Å². The van der Waals surface area contributed by atoms with Gasteiger partial charge >= 0.3 is 5.97 Å². The Morgan fingerprint density at radius 1 is 0.818 bits per heavy atom. The molecule has 2 saturated heterocycles. The minimum absolute atomic E-state index is 0.0113. The normalized spacial score (nSPS) is 29.9. The smallest absolute Gasteiger partial charge is 0.303 e. The number of nitrogens with zero attached hydrogens (tertiary/aromatic N) is 1. The zero-order valence-electron chi connectivity index (χ0n) is 20.7. The van der Waals surface area contributed by atoms with E-state index in [-0.39, 0.29) is 24.2 Å². The van der Waals surface area contributed by atoms with Gasteiger partial charge in [-0.3, -0.25) is 14.5 Å². The third-order valence-corrected chi connectivity index (χ3v) is 6.65. The van der Waals surface area contributed by atoms with Gasteiger partial charge in [-0.05, 0) is 65.5 Å². The Balaban J connectivity index is 2.17. The number of carbonyl (C=O) groups is 2. The SMILES string of the molecule is CN1CCCNC[C@]2(C)CNCCCNC[C@@]1(NC(=O)CCCC(=O)O)CNCCCNC2. The summed E-state index contributed by atoms with van der Waals surface area (Å²) in [6.07, 6.45) is 3.58. The van der Waals surface area contributed by atoms with Gasteiger partial charge in [0.05, 0.1) is 0 Å². The topological polar surface area (TPSA) is 130 Å². The summed E-state index contributed by atoms with van der Waals surface area (Å²) < 4.78 is 0. The molecule has 1 amide bonds. The van der Waals surface area contributed by atoms with E-state index in [1.165, 1.54) is 0 Å². The van der Waals surface area contributed by atoms with Gasteiger partial charge in [0.25, 0.3) is 0 Å². The van der Waals surface area contributed by atoms with Gasteiger partial charge < -0.3 is 37.0 Å². The Morgan fingerprint density at radius 3 is 1.82 bits per heavy atom. The van der Waals surface area contributed by atoms with Gasteiger partial charge in [-0.25, -0.2) is 0 Å². The lowest BCUT2D eigenvalue weighted by Crippen LogP contribution is -2.69. The van der Waals surface area contributed by atoms with Gasteiger partial charge in [-0.2, -0.15) is 0 Å². The highest BCUT2D eigenvalue weighted by Crippen LogP contribution is 2.15. The predicted molar refractivity (Wildman–Crippen MR) is 131 cm³/mol. The van der Waals surface area contributed by atoms with E-state index in [1.54, 1.807) is 0 Å². The number of hydrogen-bond donors (Lipinski definition) is 7. The second kappa shape index (κ2) is 14.9. The number of aliphatic carboxylic acids is 1. The van der Waals surface area contributed by atoms with Crippen LogP contribution in [-0.2, 0) is 9.59 Å². The third kappa shape index (κ3) is 10.7. The van der Waals surface area contributed by atoms with Crippen LogP contribution in [0.3, 0.4) is 0 Å². The zero-order valence-corrected chi connectivity index (χ0v) is 20.7. The van der Waals surface area contributed by atoms with Crippen molar-refractivity contribution in [1.82, 2.24) is 36.8 Å². The lowest BCUT2D eigenvalue weighted by molar-refractivity contribution is -0.137. The summed E-state index contributed by atoms with van der Waals surface area (Å²) in [6, 6.07) is 0. The van der Waals surface area contributed by atoms with Crippen LogP contribution in [0.2, 0.25) is 0 Å². The highest BCUT2D eigenvalue weighted by Gasteiger charge is 2.35. The molecule has 0 saturated carbocycles. The van der Waals surface area contributed by atoms with E-state index in [2.05, 4.69) is 50.8 Å². The number of hydrogen-bond acceptors (Lipinski definition) is 8. The fraction of sp³-hybridized carbons (Fsp3) is 0.913. The number of amides is 1. The molecule has 0 radical (unpaired) electrons. The number of carbonyl (C=O) groups excluding carboxylic acids is 1. The first-order chi connectivity index (χ1) is 15.9. The Bertz CT molecular complexity index is 572. The van der Waals surface area contributed by atoms with Crippen molar-refractivity contribution in [3.63, 3.8) is 0 Å². The van der Waals surface area contributed by atoms with Crippen LogP contribution in [0.4, 0.5) is 0 Å². The predicted octanol–water partition coefficient (Wildman–Crippen LogP) is -0.863. The largest absolute Gasteiger partial charge is 0.481 e. The number of rotatable bonds is 5. The standard InChI is InChI=1S/C23H47N7O3/c1-22-15-24-9-4-11-27-18-23(19-28-12-5-10-25-16-22,30(2)14-6-13-26-17-22)29-20(31)7-3-8-21(32)33/h24-28H,3-19H2,1-2H3,(H,29,31)(H,32,33)/t22-,23+. The van der Waals surface area contributed by atoms with E-state index in [0.717, 1.165) is 78.2 Å². The molecule has 33 heavy (non-hydrogen) atoms. The van der Waals surface area contributed by atoms with Crippen molar-refractivity contribution < 1.29 is 14.7 Å². The number of likely N-dealkylation sites (N-methyl/N-ethyl adjacent to an activating group) is 1. The summed E-state index contributed by atoms with van der Waals surface area (Å²) in [6.45, 7) is 11.9. The molecule has 7 N–H and O–H groups in total. The van der Waals surface area contributed by atoms with Gasteiger partial charge in [0.15, 0.2) is 0 Å². The van der Waals surface area contributed by atoms with Gasteiger partial charge in [0.2, 0.25) is 5.91 Å². The summed E-state index contributed by atoms with van der Waals surface area (Å²) in [7, 11) is 2.07. The van der Waals surface area contributed by atoms with E-state index in [0.29, 0.717) is 19.5 Å². The Kier molecular flexibility index (Phi) is 12.6. The van der Waals surface area contributed by atoms with Crippen molar-refractivity contribution in [3.05, 3.63) is 0 Å². The molecule has 10 nitrogen and oxygen atoms in total. The molecule has 2 fully saturated rings. The lowest BCUT2D eigenvalue weighted by Gasteiger charge is -2.43. The van der Waals surface area contributed by atoms with Gasteiger partial charge in [0.1, 0.15) is 5.66 Å². The van der Waals surface area contributed by atoms with Crippen molar-refractivity contribution in [2.45, 2.75) is 51.1 Å². The average Bonchev–Trinajstić information content (AvgIpc) is 2.76. The Labute approximate surface area is 199 Å². The highest BCUT2D eigenvalue weighted by molar-refractivity contribution is 5.77. The van der Waals surface area contributed by atoms with Crippen molar-refractivity contribution >= 4 is 11.9 Å². The van der Waals surface area contributed by atoms with Crippen LogP contribution in [0.25, 0.3) is 0 Å². The summed E-state index contributed by atoms with van der Waals surface area (Å²) in [5.41, 5.74) is -0.420. The number of nitrogens with one attached hydrogen (secondary N) is 6. The van der Waals surface area contributed by atoms with E-state index in [1.807, 2.05) is 0 Å². The molecule has 10 heteroatoms. The maximum absolute atomic E-state index is 12.8. The molecule has 2 aliphatic rings. The summed E-state index contributed by atoms with van der Waals surface area (Å²) >= 11 is 0. The molecule has 192 valence electrons. The van der Waals surface area contributed by atoms with Crippen molar-refractivity contribution in [2.75, 3.05) is 79.0 Å². The second-order valence-electron chi connectivity index (χ2n) is 10.0. The first kappa shape index (κ1) is 27.9. The van der Waals surface area contributed by atoms with Crippen LogP contribution in [0, 0.1) is 5.41 Å². The first-order valence-corrected chi connectivity index (χ1v) is 12.6. The van der Waals surface area contributed by atoms with E-state index in [4.69, 9.17) is 5.11 Å². The maximum atomic E-state index is 12.8. The van der Waals surface area contributed by atoms with Crippen molar-refractivity contribution in [2.24, 2.45) is 5.41 Å². The van der Waals surface area contributed by atoms with Crippen LogP contribution in [0.5, 0.6) is 0 Å². The van der Waals surface area contributed by atoms with Gasteiger partial charge in [-0.15, -0.1) is 0 Å². The lowest BCUT2D eigenvalue weighted by atomic mass is 9.90. The molecule has 0 atom stereocenters. The first-order valence-electron chi connectivity index (χ1n) is 12.6. The number of carboxylic acids is 1. The highest BCUT2D eigenvalue weighted by atomic mass is 16.4. The molecule has 0 unspecified atom stereocenters. The molecule has 2 aliphatic heterocycles. The summed E-state index contributed by atoms with van der Waals surface area (Å²) in [5, 5.41) is 30.2. The second-order valence-corrected chi connectivity index (χ2v) is 10.0. The number of fused-ring (bicyclic) bond motifs is 7. The maximum Gasteiger partial charge on any atom is 0.303 e. The van der Waals surface area contributed by atoms with E-state index < -0.39 is 11.6 Å². The molecule has 2 rings (SSSR count). The van der Waals surface area contributed by atoms with Crippen LogP contribution in [-0.4, -0.2) is 107 Å². The van der Waals surface area contributed by atoms with Crippen molar-refractivity contribution in [1.29, 1.82) is 0 Å². The summed E-state index contributed by atoms with van der Waals surface area (Å²) in [5.74, 6) is -0.963. The molecule has 0 aliphatic carbocycles. The molecule has 0 spiro atoms. The quantitative estimate of drug-likeness (QED) is 0.275. The molecule has 2 bridgehead atoms. The monoisotopic (exact) mass is 469 g/mol. The summed E-state index contributed by atoms with van der Waals surface area (Å²) in [4.78, 5) is 25.9. The average molecular weight is 470 g/mol. The Hall–Kier alpha value is -1.30. The third-order valence-electron chi connectivity index (χ3n) is 6.65. The Morgan fingerprint density at radius 2 is 1.30 bits per heavy atom. The fourth-order valence-electron chi connectivity index (χ4n) is 4.52. The van der Waals surface area contributed by atoms with Crippen LogP contribution < -0.4 is 31.9 Å².